The van der Waals surface area contributed by atoms with Crippen LogP contribution in [-0.2, 0) is 10.0 Å². The largest absolute Gasteiger partial charge is 0.392 e. The van der Waals surface area contributed by atoms with Crippen molar-refractivity contribution in [3.8, 4) is 0 Å². The van der Waals surface area contributed by atoms with E-state index in [0.717, 1.165) is 11.3 Å². The van der Waals surface area contributed by atoms with Crippen molar-refractivity contribution in [1.29, 1.82) is 0 Å². The third-order valence-corrected chi connectivity index (χ3v) is 5.83. The van der Waals surface area contributed by atoms with Crippen molar-refractivity contribution in [2.75, 3.05) is 13.1 Å². The molecule has 1 aliphatic heterocycles. The van der Waals surface area contributed by atoms with Gasteiger partial charge in [-0.2, -0.15) is 4.31 Å². The number of sulfonamides is 1. The fourth-order valence-corrected chi connectivity index (χ4v) is 4.62. The zero-order valence-electron chi connectivity index (χ0n) is 7.76. The Hall–Kier alpha value is -0.140. The minimum Gasteiger partial charge on any atom is -0.392 e. The van der Waals surface area contributed by atoms with Crippen molar-refractivity contribution < 1.29 is 13.5 Å². The molecule has 1 aromatic heterocycles. The molecule has 1 aromatic rings. The topological polar surface area (TPSA) is 57.6 Å². The number of aliphatic hydroxyl groups excluding tert-OH is 1. The summed E-state index contributed by atoms with van der Waals surface area (Å²) in [5.41, 5.74) is 0. The second-order valence-corrected chi connectivity index (χ2v) is 7.24. The average molecular weight is 268 g/mol. The van der Waals surface area contributed by atoms with Crippen LogP contribution in [0.25, 0.3) is 0 Å². The number of hydrogen-bond donors (Lipinski definition) is 1. The maximum Gasteiger partial charge on any atom is 0.252 e. The fourth-order valence-electron chi connectivity index (χ4n) is 1.49. The van der Waals surface area contributed by atoms with Gasteiger partial charge in [-0.3, -0.25) is 0 Å². The summed E-state index contributed by atoms with van der Waals surface area (Å²) < 4.78 is 25.9. The summed E-state index contributed by atoms with van der Waals surface area (Å²) in [5, 5.41) is 9.29. The minimum absolute atomic E-state index is 0.178. The number of hydrogen-bond acceptors (Lipinski definition) is 4. The van der Waals surface area contributed by atoms with E-state index in [1.807, 2.05) is 0 Å². The van der Waals surface area contributed by atoms with Crippen LogP contribution in [0.3, 0.4) is 0 Å². The van der Waals surface area contributed by atoms with Crippen LogP contribution in [0.1, 0.15) is 6.42 Å². The fraction of sp³-hybridized carbons (Fsp3) is 0.500. The summed E-state index contributed by atoms with van der Waals surface area (Å²) in [6.07, 6.45) is -0.0478. The summed E-state index contributed by atoms with van der Waals surface area (Å²) in [7, 11) is -3.44. The summed E-state index contributed by atoms with van der Waals surface area (Å²) in [6.45, 7) is 0.552. The Morgan fingerprint density at radius 1 is 1.53 bits per heavy atom. The van der Waals surface area contributed by atoms with Gasteiger partial charge >= 0.3 is 0 Å². The lowest BCUT2D eigenvalue weighted by Crippen LogP contribution is -2.29. The first-order chi connectivity index (χ1) is 7.00. The van der Waals surface area contributed by atoms with Gasteiger partial charge in [0.1, 0.15) is 4.21 Å². The van der Waals surface area contributed by atoms with E-state index in [4.69, 9.17) is 11.6 Å². The van der Waals surface area contributed by atoms with Gasteiger partial charge < -0.3 is 5.11 Å². The van der Waals surface area contributed by atoms with Crippen molar-refractivity contribution >= 4 is 33.0 Å². The molecule has 0 amide bonds. The molecule has 0 bridgehead atoms. The second kappa shape index (κ2) is 4.03. The highest BCUT2D eigenvalue weighted by Crippen LogP contribution is 2.29. The van der Waals surface area contributed by atoms with E-state index in [1.54, 1.807) is 6.07 Å². The molecule has 1 aliphatic rings. The molecule has 1 fully saturated rings. The Balaban J connectivity index is 2.27. The summed E-state index contributed by atoms with van der Waals surface area (Å²) in [6, 6.07) is 3.05. The predicted molar refractivity (Wildman–Crippen MR) is 58.7 cm³/mol. The van der Waals surface area contributed by atoms with E-state index >= 15 is 0 Å². The van der Waals surface area contributed by atoms with E-state index in [9.17, 15) is 13.5 Å². The highest BCUT2D eigenvalue weighted by Gasteiger charge is 2.32. The van der Waals surface area contributed by atoms with Crippen LogP contribution in [0.2, 0.25) is 4.34 Å². The Morgan fingerprint density at radius 2 is 2.27 bits per heavy atom. The smallest absolute Gasteiger partial charge is 0.252 e. The van der Waals surface area contributed by atoms with Crippen LogP contribution in [-0.4, -0.2) is 37.0 Å². The van der Waals surface area contributed by atoms with Crippen molar-refractivity contribution in [2.24, 2.45) is 0 Å². The molecule has 0 aromatic carbocycles. The van der Waals surface area contributed by atoms with Gasteiger partial charge in [0.05, 0.1) is 10.4 Å². The number of thiophene rings is 1. The third kappa shape index (κ3) is 2.19. The standard InChI is InChI=1S/C8H10ClNO3S2/c9-7-1-2-8(14-7)15(12,13)10-4-3-6(11)5-10/h1-2,6,11H,3-5H2. The number of halogens is 1. The maximum atomic E-state index is 12.0. The Morgan fingerprint density at radius 3 is 2.73 bits per heavy atom. The summed E-state index contributed by atoms with van der Waals surface area (Å²) >= 11 is 6.72. The normalized spacial score (nSPS) is 23.5. The van der Waals surface area contributed by atoms with E-state index in [-0.39, 0.29) is 10.8 Å². The number of aliphatic hydroxyl groups is 1. The molecule has 1 atom stereocenters. The SMILES string of the molecule is O=S(=O)(c1ccc(Cl)s1)N1CCC(O)C1. The average Bonchev–Trinajstić information content (AvgIpc) is 2.74. The summed E-state index contributed by atoms with van der Waals surface area (Å²) in [5.74, 6) is 0. The van der Waals surface area contributed by atoms with Crippen molar-refractivity contribution in [1.82, 2.24) is 4.31 Å². The highest BCUT2D eigenvalue weighted by atomic mass is 35.5. The summed E-state index contributed by atoms with van der Waals surface area (Å²) in [4.78, 5) is 0. The lowest BCUT2D eigenvalue weighted by molar-refractivity contribution is 0.189. The van der Waals surface area contributed by atoms with Crippen LogP contribution >= 0.6 is 22.9 Å². The van der Waals surface area contributed by atoms with Gasteiger partial charge in [0.15, 0.2) is 0 Å². The molecule has 0 radical (unpaired) electrons. The predicted octanol–water partition coefficient (Wildman–Crippen LogP) is 1.16. The molecule has 1 N–H and O–H groups in total. The molecular weight excluding hydrogens is 258 g/mol. The second-order valence-electron chi connectivity index (χ2n) is 3.36. The van der Waals surface area contributed by atoms with Crippen LogP contribution in [0.5, 0.6) is 0 Å². The lowest BCUT2D eigenvalue weighted by atomic mass is 10.3. The molecule has 1 unspecified atom stereocenters. The molecule has 2 heterocycles. The van der Waals surface area contributed by atoms with Gasteiger partial charge in [-0.15, -0.1) is 11.3 Å². The molecule has 7 heteroatoms. The minimum atomic E-state index is -3.44. The maximum absolute atomic E-state index is 12.0. The molecule has 0 aliphatic carbocycles. The Kier molecular flexibility index (Phi) is 3.05. The first-order valence-corrected chi connectivity index (χ1v) is 7.07. The van der Waals surface area contributed by atoms with Crippen molar-refractivity contribution in [2.45, 2.75) is 16.7 Å². The van der Waals surface area contributed by atoms with Crippen LogP contribution in [0.15, 0.2) is 16.3 Å². The Labute approximate surface area is 97.1 Å². The van der Waals surface area contributed by atoms with E-state index in [0.29, 0.717) is 17.3 Å². The van der Waals surface area contributed by atoms with E-state index in [2.05, 4.69) is 0 Å². The van der Waals surface area contributed by atoms with Gasteiger partial charge in [-0.25, -0.2) is 8.42 Å². The first-order valence-electron chi connectivity index (χ1n) is 4.44. The molecule has 4 nitrogen and oxygen atoms in total. The van der Waals surface area contributed by atoms with Crippen LogP contribution < -0.4 is 0 Å². The van der Waals surface area contributed by atoms with Gasteiger partial charge in [-0.1, -0.05) is 11.6 Å². The van der Waals surface area contributed by atoms with Crippen LogP contribution in [0.4, 0.5) is 0 Å². The number of β-amino-alcohol motifs (C(OH)–C–C–N with tert-alkyl or cyclic N) is 1. The molecular formula is C8H10ClNO3S2. The lowest BCUT2D eigenvalue weighted by Gasteiger charge is -2.13. The zero-order chi connectivity index (χ0) is 11.1. The quantitative estimate of drug-likeness (QED) is 0.875. The van der Waals surface area contributed by atoms with Crippen molar-refractivity contribution in [3.63, 3.8) is 0 Å². The highest BCUT2D eigenvalue weighted by molar-refractivity contribution is 7.91. The molecule has 0 saturated carbocycles. The van der Waals surface area contributed by atoms with Crippen molar-refractivity contribution in [3.05, 3.63) is 16.5 Å². The van der Waals surface area contributed by atoms with Crippen LogP contribution in [0, 0.1) is 0 Å². The third-order valence-electron chi connectivity index (χ3n) is 2.27. The van der Waals surface area contributed by atoms with Gasteiger partial charge in [0, 0.05) is 13.1 Å². The van der Waals surface area contributed by atoms with Gasteiger partial charge in [0.25, 0.3) is 10.0 Å². The zero-order valence-corrected chi connectivity index (χ0v) is 10.1. The Bertz CT molecular complexity index is 456. The number of rotatable bonds is 2. The molecule has 15 heavy (non-hydrogen) atoms. The molecule has 1 saturated heterocycles. The molecule has 0 spiro atoms. The van der Waals surface area contributed by atoms with Gasteiger partial charge in [-0.05, 0) is 18.6 Å². The molecule has 2 rings (SSSR count). The van der Waals surface area contributed by atoms with E-state index < -0.39 is 16.1 Å². The first kappa shape index (κ1) is 11.3. The van der Waals surface area contributed by atoms with E-state index in [1.165, 1.54) is 10.4 Å². The molecule has 84 valence electrons. The monoisotopic (exact) mass is 267 g/mol. The van der Waals surface area contributed by atoms with Gasteiger partial charge in [0.2, 0.25) is 0 Å². The number of nitrogens with zero attached hydrogens (tertiary/aromatic N) is 1.